The third-order valence-corrected chi connectivity index (χ3v) is 3.32. The van der Waals surface area contributed by atoms with Crippen LogP contribution in [0.15, 0.2) is 22.7 Å². The summed E-state index contributed by atoms with van der Waals surface area (Å²) in [5, 5.41) is 0. The minimum absolute atomic E-state index is 0.119. The maximum atomic E-state index is 12.2. The predicted molar refractivity (Wildman–Crippen MR) is 63.7 cm³/mol. The highest BCUT2D eigenvalue weighted by Gasteiger charge is 2.32. The molecular weight excluding hydrogens is 313 g/mol. The van der Waals surface area contributed by atoms with Gasteiger partial charge in [0.15, 0.2) is 11.5 Å². The van der Waals surface area contributed by atoms with Gasteiger partial charge in [0, 0.05) is 4.47 Å². The molecule has 0 amide bonds. The van der Waals surface area contributed by atoms with Gasteiger partial charge in [-0.15, -0.1) is 13.2 Å². The average Bonchev–Trinajstić information content (AvgIpc) is 2.18. The Balaban J connectivity index is 2.07. The van der Waals surface area contributed by atoms with Crippen LogP contribution in [0.1, 0.15) is 19.3 Å². The summed E-state index contributed by atoms with van der Waals surface area (Å²) in [6, 6.07) is 4.21. The van der Waals surface area contributed by atoms with E-state index in [1.54, 1.807) is 0 Å². The number of rotatable bonds is 4. The average molecular weight is 325 g/mol. The van der Waals surface area contributed by atoms with E-state index in [-0.39, 0.29) is 11.5 Å². The Labute approximate surface area is 111 Å². The first-order chi connectivity index (χ1) is 8.44. The van der Waals surface area contributed by atoms with Crippen molar-refractivity contribution in [2.45, 2.75) is 25.6 Å². The molecule has 1 aliphatic rings. The molecule has 0 heterocycles. The SMILES string of the molecule is FC(F)(F)Oc1ccc(Br)cc1OCC1CCC1. The van der Waals surface area contributed by atoms with Crippen molar-refractivity contribution in [1.82, 2.24) is 0 Å². The Morgan fingerprint density at radius 1 is 1.22 bits per heavy atom. The Bertz CT molecular complexity index is 416. The molecule has 0 radical (unpaired) electrons. The van der Waals surface area contributed by atoms with E-state index >= 15 is 0 Å². The maximum absolute atomic E-state index is 12.2. The minimum Gasteiger partial charge on any atom is -0.489 e. The summed E-state index contributed by atoms with van der Waals surface area (Å²) in [6.07, 6.45) is -1.40. The first-order valence-corrected chi connectivity index (χ1v) is 6.41. The molecule has 18 heavy (non-hydrogen) atoms. The minimum atomic E-state index is -4.71. The van der Waals surface area contributed by atoms with Crippen LogP contribution in [0, 0.1) is 5.92 Å². The van der Waals surface area contributed by atoms with Crippen molar-refractivity contribution in [3.8, 4) is 11.5 Å². The van der Waals surface area contributed by atoms with Crippen LogP contribution in [0.2, 0.25) is 0 Å². The van der Waals surface area contributed by atoms with E-state index in [1.165, 1.54) is 24.6 Å². The third-order valence-electron chi connectivity index (χ3n) is 2.83. The normalized spacial score (nSPS) is 16.2. The van der Waals surface area contributed by atoms with Gasteiger partial charge in [-0.3, -0.25) is 0 Å². The fourth-order valence-electron chi connectivity index (χ4n) is 1.67. The van der Waals surface area contributed by atoms with E-state index in [4.69, 9.17) is 4.74 Å². The van der Waals surface area contributed by atoms with E-state index in [2.05, 4.69) is 20.7 Å². The van der Waals surface area contributed by atoms with Gasteiger partial charge in [0.2, 0.25) is 0 Å². The van der Waals surface area contributed by atoms with Crippen LogP contribution in [0.3, 0.4) is 0 Å². The van der Waals surface area contributed by atoms with E-state index in [0.717, 1.165) is 12.8 Å². The highest BCUT2D eigenvalue weighted by molar-refractivity contribution is 9.10. The lowest BCUT2D eigenvalue weighted by Gasteiger charge is -2.25. The summed E-state index contributed by atoms with van der Waals surface area (Å²) < 4.78 is 46.6. The number of hydrogen-bond donors (Lipinski definition) is 0. The molecule has 1 aromatic rings. The Kier molecular flexibility index (Phi) is 4.04. The van der Waals surface area contributed by atoms with Gasteiger partial charge in [-0.25, -0.2) is 0 Å². The van der Waals surface area contributed by atoms with Crippen molar-refractivity contribution < 1.29 is 22.6 Å². The molecule has 0 aromatic heterocycles. The number of benzene rings is 1. The van der Waals surface area contributed by atoms with Crippen LogP contribution >= 0.6 is 15.9 Å². The van der Waals surface area contributed by atoms with Gasteiger partial charge in [-0.05, 0) is 37.0 Å². The Morgan fingerprint density at radius 3 is 2.50 bits per heavy atom. The molecule has 2 rings (SSSR count). The zero-order valence-corrected chi connectivity index (χ0v) is 11.1. The molecule has 2 nitrogen and oxygen atoms in total. The van der Waals surface area contributed by atoms with Crippen molar-refractivity contribution in [3.63, 3.8) is 0 Å². The smallest absolute Gasteiger partial charge is 0.489 e. The second kappa shape index (κ2) is 5.38. The zero-order chi connectivity index (χ0) is 13.2. The number of hydrogen-bond acceptors (Lipinski definition) is 2. The fourth-order valence-corrected chi connectivity index (χ4v) is 2.01. The van der Waals surface area contributed by atoms with Gasteiger partial charge in [-0.2, -0.15) is 0 Å². The van der Waals surface area contributed by atoms with Crippen molar-refractivity contribution in [1.29, 1.82) is 0 Å². The number of alkyl halides is 3. The van der Waals surface area contributed by atoms with Crippen molar-refractivity contribution in [3.05, 3.63) is 22.7 Å². The lowest BCUT2D eigenvalue weighted by Crippen LogP contribution is -2.21. The second-order valence-corrected chi connectivity index (χ2v) is 5.16. The molecule has 6 heteroatoms. The first kappa shape index (κ1) is 13.5. The molecule has 1 fully saturated rings. The Hall–Kier alpha value is -0.910. The van der Waals surface area contributed by atoms with Crippen LogP contribution in [0.25, 0.3) is 0 Å². The maximum Gasteiger partial charge on any atom is 0.573 e. The molecule has 0 unspecified atom stereocenters. The van der Waals surface area contributed by atoms with Crippen molar-refractivity contribution in [2.24, 2.45) is 5.92 Å². The van der Waals surface area contributed by atoms with Gasteiger partial charge in [0.1, 0.15) is 0 Å². The summed E-state index contributed by atoms with van der Waals surface area (Å²) in [6.45, 7) is 0.435. The lowest BCUT2D eigenvalue weighted by molar-refractivity contribution is -0.275. The highest BCUT2D eigenvalue weighted by Crippen LogP contribution is 2.36. The third kappa shape index (κ3) is 3.80. The van der Waals surface area contributed by atoms with Crippen LogP contribution < -0.4 is 9.47 Å². The van der Waals surface area contributed by atoms with E-state index in [0.29, 0.717) is 17.0 Å². The second-order valence-electron chi connectivity index (χ2n) is 4.25. The Morgan fingerprint density at radius 2 is 1.94 bits per heavy atom. The van der Waals surface area contributed by atoms with Gasteiger partial charge >= 0.3 is 6.36 Å². The molecule has 0 spiro atoms. The summed E-state index contributed by atoms with van der Waals surface area (Å²) in [5.74, 6) is 0.265. The first-order valence-electron chi connectivity index (χ1n) is 5.62. The monoisotopic (exact) mass is 324 g/mol. The molecule has 100 valence electrons. The predicted octanol–water partition coefficient (Wildman–Crippen LogP) is 4.53. The molecule has 1 saturated carbocycles. The van der Waals surface area contributed by atoms with Gasteiger partial charge in [0.05, 0.1) is 6.61 Å². The molecule has 1 aromatic carbocycles. The molecule has 0 saturated heterocycles. The van der Waals surface area contributed by atoms with Gasteiger partial charge in [0.25, 0.3) is 0 Å². The van der Waals surface area contributed by atoms with E-state index < -0.39 is 6.36 Å². The summed E-state index contributed by atoms with van der Waals surface area (Å²) in [4.78, 5) is 0. The molecule has 0 N–H and O–H groups in total. The van der Waals surface area contributed by atoms with Gasteiger partial charge in [-0.1, -0.05) is 22.4 Å². The molecule has 0 aliphatic heterocycles. The van der Waals surface area contributed by atoms with Crippen molar-refractivity contribution >= 4 is 15.9 Å². The lowest BCUT2D eigenvalue weighted by atomic mass is 9.86. The largest absolute Gasteiger partial charge is 0.573 e. The van der Waals surface area contributed by atoms with Crippen LogP contribution in [-0.2, 0) is 0 Å². The molecule has 1 aliphatic carbocycles. The summed E-state index contributed by atoms with van der Waals surface area (Å²) >= 11 is 3.20. The van der Waals surface area contributed by atoms with E-state index in [9.17, 15) is 13.2 Å². The molecule has 0 bridgehead atoms. The fraction of sp³-hybridized carbons (Fsp3) is 0.500. The number of ether oxygens (including phenoxy) is 2. The van der Waals surface area contributed by atoms with E-state index in [1.807, 2.05) is 0 Å². The highest BCUT2D eigenvalue weighted by atomic mass is 79.9. The van der Waals surface area contributed by atoms with Crippen LogP contribution in [0.4, 0.5) is 13.2 Å². The standard InChI is InChI=1S/C12H12BrF3O2/c13-9-4-5-10(18-12(14,15)16)11(6-9)17-7-8-2-1-3-8/h4-6,8H,1-3,7H2. The molecular formula is C12H12BrF3O2. The summed E-state index contributed by atoms with van der Waals surface area (Å²) in [7, 11) is 0. The number of halogens is 4. The topological polar surface area (TPSA) is 18.5 Å². The van der Waals surface area contributed by atoms with Crippen LogP contribution in [0.5, 0.6) is 11.5 Å². The summed E-state index contributed by atoms with van der Waals surface area (Å²) in [5.41, 5.74) is 0. The van der Waals surface area contributed by atoms with Gasteiger partial charge < -0.3 is 9.47 Å². The zero-order valence-electron chi connectivity index (χ0n) is 9.47. The quantitative estimate of drug-likeness (QED) is 0.810. The van der Waals surface area contributed by atoms with Crippen LogP contribution in [-0.4, -0.2) is 13.0 Å². The van der Waals surface area contributed by atoms with Crippen molar-refractivity contribution in [2.75, 3.05) is 6.61 Å². The molecule has 0 atom stereocenters.